The molecule has 2 heterocycles. The summed E-state index contributed by atoms with van der Waals surface area (Å²) in [5.74, 6) is 2.73. The first-order valence-electron chi connectivity index (χ1n) is 18.4. The lowest BCUT2D eigenvalue weighted by molar-refractivity contribution is 0.432. The van der Waals surface area contributed by atoms with Gasteiger partial charge < -0.3 is 4.74 Å². The zero-order valence-corrected chi connectivity index (χ0v) is 28.6. The Labute approximate surface area is 303 Å². The molecule has 1 spiro atoms. The van der Waals surface area contributed by atoms with Crippen molar-refractivity contribution in [2.75, 3.05) is 0 Å². The van der Waals surface area contributed by atoms with Crippen molar-refractivity contribution in [3.63, 3.8) is 0 Å². The summed E-state index contributed by atoms with van der Waals surface area (Å²) < 4.78 is 7.28. The molecule has 0 saturated carbocycles. The second kappa shape index (κ2) is 11.3. The standard InChI is InChI=1S/C49H34N2O/c1-4-16-33(17-5-1)48-50-44-25-12-10-22-39(44)45(51-48)34-18-13-23-38-37-21-9-11-24-40(37)49(43(38)30-34)41-28-26-31-14-3-2-6-19-35(31)46(41)52-47-36-20-8-7-15-32(36)27-29-42(47)49/h1,3-5,7-18,20-29H,2,6,19,30H2. The third-order valence-electron chi connectivity index (χ3n) is 11.5. The summed E-state index contributed by atoms with van der Waals surface area (Å²) in [6.07, 6.45) is 15.3. The molecule has 0 bridgehead atoms. The van der Waals surface area contributed by atoms with Crippen molar-refractivity contribution < 1.29 is 4.74 Å². The molecule has 0 N–H and O–H groups in total. The second-order valence-corrected chi connectivity index (χ2v) is 14.3. The maximum absolute atomic E-state index is 7.28. The highest BCUT2D eigenvalue weighted by molar-refractivity contribution is 6.00. The minimum absolute atomic E-state index is 0.567. The van der Waals surface area contributed by atoms with Crippen LogP contribution in [0.2, 0.25) is 0 Å². The van der Waals surface area contributed by atoms with E-state index in [1.54, 1.807) is 0 Å². The molecule has 52 heavy (non-hydrogen) atoms. The summed E-state index contributed by atoms with van der Waals surface area (Å²) in [7, 11) is 0. The van der Waals surface area contributed by atoms with Crippen LogP contribution in [0.5, 0.6) is 11.5 Å². The van der Waals surface area contributed by atoms with Gasteiger partial charge in [-0.3, -0.25) is 0 Å². The van der Waals surface area contributed by atoms with Crippen LogP contribution in [0.4, 0.5) is 0 Å². The van der Waals surface area contributed by atoms with Crippen molar-refractivity contribution in [1.29, 1.82) is 0 Å². The van der Waals surface area contributed by atoms with Crippen LogP contribution < -0.4 is 4.74 Å². The molecule has 3 nitrogen and oxygen atoms in total. The lowest BCUT2D eigenvalue weighted by atomic mass is 9.63. The minimum Gasteiger partial charge on any atom is -0.456 e. The molecule has 1 aromatic heterocycles. The maximum Gasteiger partial charge on any atom is 0.160 e. The molecule has 1 aliphatic heterocycles. The van der Waals surface area contributed by atoms with E-state index in [1.807, 2.05) is 6.07 Å². The van der Waals surface area contributed by atoms with Gasteiger partial charge in [-0.05, 0) is 70.5 Å². The minimum atomic E-state index is -0.567. The molecule has 4 aliphatic rings. The molecular weight excluding hydrogens is 633 g/mol. The topological polar surface area (TPSA) is 35.0 Å². The second-order valence-electron chi connectivity index (χ2n) is 14.3. The van der Waals surface area contributed by atoms with E-state index >= 15 is 0 Å². The number of benzene rings is 6. The smallest absolute Gasteiger partial charge is 0.160 e. The average molecular weight is 667 g/mol. The van der Waals surface area contributed by atoms with Crippen molar-refractivity contribution in [1.82, 2.24) is 9.97 Å². The Morgan fingerprint density at radius 2 is 1.42 bits per heavy atom. The van der Waals surface area contributed by atoms with Gasteiger partial charge in [-0.25, -0.2) is 9.97 Å². The lowest BCUT2D eigenvalue weighted by Crippen LogP contribution is -2.34. The van der Waals surface area contributed by atoms with E-state index in [4.69, 9.17) is 14.7 Å². The van der Waals surface area contributed by atoms with Crippen LogP contribution in [-0.4, -0.2) is 9.97 Å². The molecule has 3 aliphatic carbocycles. The van der Waals surface area contributed by atoms with Crippen molar-refractivity contribution in [2.24, 2.45) is 0 Å². The number of ether oxygens (including phenoxy) is 1. The molecule has 246 valence electrons. The van der Waals surface area contributed by atoms with Crippen LogP contribution in [0.15, 0.2) is 157 Å². The first kappa shape index (κ1) is 29.4. The van der Waals surface area contributed by atoms with Crippen LogP contribution in [0.25, 0.3) is 50.3 Å². The fourth-order valence-electron chi connectivity index (χ4n) is 9.29. The number of aromatic nitrogens is 2. The molecule has 0 amide bonds. The summed E-state index contributed by atoms with van der Waals surface area (Å²) in [5.41, 5.74) is 13.8. The summed E-state index contributed by atoms with van der Waals surface area (Å²) in [6, 6.07) is 45.8. The van der Waals surface area contributed by atoms with Crippen molar-refractivity contribution in [2.45, 2.75) is 31.1 Å². The summed E-state index contributed by atoms with van der Waals surface area (Å²) in [4.78, 5) is 10.4. The summed E-state index contributed by atoms with van der Waals surface area (Å²) in [6.45, 7) is 0. The Hall–Kier alpha value is -6.32. The van der Waals surface area contributed by atoms with Crippen molar-refractivity contribution in [3.8, 4) is 22.9 Å². The van der Waals surface area contributed by atoms with Gasteiger partial charge in [-0.1, -0.05) is 152 Å². The summed E-state index contributed by atoms with van der Waals surface area (Å²) >= 11 is 0. The van der Waals surface area contributed by atoms with Gasteiger partial charge in [-0.15, -0.1) is 0 Å². The third kappa shape index (κ3) is 4.14. The molecule has 3 heteroatoms. The third-order valence-corrected chi connectivity index (χ3v) is 11.5. The zero-order chi connectivity index (χ0) is 34.2. The largest absolute Gasteiger partial charge is 0.456 e. The Morgan fingerprint density at radius 1 is 0.635 bits per heavy atom. The first-order chi connectivity index (χ1) is 25.8. The molecular formula is C49H34N2O. The Morgan fingerprint density at radius 3 is 2.37 bits per heavy atom. The van der Waals surface area contributed by atoms with Gasteiger partial charge in [0.15, 0.2) is 5.82 Å². The quantitative estimate of drug-likeness (QED) is 0.184. The van der Waals surface area contributed by atoms with Gasteiger partial charge in [0.1, 0.15) is 11.5 Å². The number of hydrogen-bond donors (Lipinski definition) is 0. The fourth-order valence-corrected chi connectivity index (χ4v) is 9.29. The van der Waals surface area contributed by atoms with Gasteiger partial charge in [0.25, 0.3) is 0 Å². The number of fused-ring (bicyclic) bond motifs is 13. The van der Waals surface area contributed by atoms with Gasteiger partial charge in [0.05, 0.1) is 16.6 Å². The zero-order valence-electron chi connectivity index (χ0n) is 28.6. The first-order valence-corrected chi connectivity index (χ1v) is 18.4. The van der Waals surface area contributed by atoms with Crippen molar-refractivity contribution >= 4 is 38.9 Å². The number of allylic oxidation sites excluding steroid dienone is 7. The van der Waals surface area contributed by atoms with Crippen LogP contribution >= 0.6 is 0 Å². The van der Waals surface area contributed by atoms with Crippen LogP contribution in [0.3, 0.4) is 0 Å². The monoisotopic (exact) mass is 666 g/mol. The molecule has 7 aromatic rings. The van der Waals surface area contributed by atoms with Gasteiger partial charge in [0.2, 0.25) is 0 Å². The number of rotatable bonds is 2. The maximum atomic E-state index is 7.28. The molecule has 0 saturated heterocycles. The van der Waals surface area contributed by atoms with E-state index in [-0.39, 0.29) is 0 Å². The molecule has 11 rings (SSSR count). The van der Waals surface area contributed by atoms with E-state index in [0.717, 1.165) is 70.6 Å². The highest BCUT2D eigenvalue weighted by Gasteiger charge is 2.53. The molecule has 1 atom stereocenters. The number of hydrogen-bond acceptors (Lipinski definition) is 3. The predicted molar refractivity (Wildman–Crippen MR) is 212 cm³/mol. The van der Waals surface area contributed by atoms with Crippen LogP contribution in [0, 0.1) is 0 Å². The van der Waals surface area contributed by atoms with Gasteiger partial charge in [-0.2, -0.15) is 0 Å². The van der Waals surface area contributed by atoms with Crippen LogP contribution in [-0.2, 0) is 11.8 Å². The SMILES string of the molecule is C1=CC2=C(CC(c3nc(-c4ccccc4)nc4ccccc34)=C1)C1(c3ccccc32)c2ccc3c(c2Oc2c1ccc1ccccc21)CCCC=C3. The van der Waals surface area contributed by atoms with E-state index in [1.165, 1.54) is 55.5 Å². The normalized spacial score (nSPS) is 18.2. The van der Waals surface area contributed by atoms with E-state index in [9.17, 15) is 0 Å². The molecule has 6 aromatic carbocycles. The van der Waals surface area contributed by atoms with Crippen molar-refractivity contribution in [3.05, 3.63) is 196 Å². The Balaban J connectivity index is 1.21. The highest BCUT2D eigenvalue weighted by atomic mass is 16.5. The molecule has 1 unspecified atom stereocenters. The van der Waals surface area contributed by atoms with Gasteiger partial charge >= 0.3 is 0 Å². The van der Waals surface area contributed by atoms with Crippen LogP contribution in [0.1, 0.15) is 58.3 Å². The summed E-state index contributed by atoms with van der Waals surface area (Å²) in [5, 5.41) is 3.39. The number of para-hydroxylation sites is 1. The Kier molecular flexibility index (Phi) is 6.42. The molecule has 0 radical (unpaired) electrons. The van der Waals surface area contributed by atoms with E-state index in [2.05, 4.69) is 152 Å². The van der Waals surface area contributed by atoms with E-state index < -0.39 is 5.41 Å². The predicted octanol–water partition coefficient (Wildman–Crippen LogP) is 12.1. The average Bonchev–Trinajstić information content (AvgIpc) is 3.43. The fraction of sp³-hybridized carbons (Fsp3) is 0.102. The molecule has 0 fully saturated rings. The number of nitrogens with zero attached hydrogens (tertiary/aromatic N) is 2. The highest BCUT2D eigenvalue weighted by Crippen LogP contribution is 2.64. The lowest BCUT2D eigenvalue weighted by Gasteiger charge is -2.42. The van der Waals surface area contributed by atoms with Gasteiger partial charge in [0, 0.05) is 33.0 Å². The Bertz CT molecular complexity index is 2770. The van der Waals surface area contributed by atoms with E-state index in [0.29, 0.717) is 0 Å².